The Bertz CT molecular complexity index is 726. The molecule has 0 aliphatic rings. The van der Waals surface area contributed by atoms with E-state index in [9.17, 15) is 0 Å². The molecule has 0 fully saturated rings. The highest BCUT2D eigenvalue weighted by molar-refractivity contribution is 14.0. The minimum Gasteiger partial charge on any atom is -0.490 e. The zero-order chi connectivity index (χ0) is 19.5. The van der Waals surface area contributed by atoms with Crippen molar-refractivity contribution in [3.63, 3.8) is 0 Å². The minimum atomic E-state index is 0. The molecule has 2 aromatic rings. The maximum atomic E-state index is 5.72. The maximum absolute atomic E-state index is 5.72. The van der Waals surface area contributed by atoms with Gasteiger partial charge >= 0.3 is 0 Å². The molecular formula is C21H31IN4O2. The van der Waals surface area contributed by atoms with Crippen LogP contribution in [0.3, 0.4) is 0 Å². The number of aromatic nitrogens is 1. The highest BCUT2D eigenvalue weighted by Gasteiger charge is 2.12. The van der Waals surface area contributed by atoms with E-state index >= 15 is 0 Å². The van der Waals surface area contributed by atoms with Crippen molar-refractivity contribution in [2.24, 2.45) is 4.99 Å². The molecule has 2 rings (SSSR count). The highest BCUT2D eigenvalue weighted by Crippen LogP contribution is 2.30. The standard InChI is InChI=1S/C21H30N4O2.HI/c1-5-26-19-11-10-17(15-20(19)27-6-2)16(3)25-21(22-4)24-14-12-18-9-7-8-13-23-18;/h7-11,13,15-16H,5-6,12,14H2,1-4H3,(H2,22,24,25);1H. The zero-order valence-corrected chi connectivity index (χ0v) is 19.4. The maximum Gasteiger partial charge on any atom is 0.191 e. The van der Waals surface area contributed by atoms with Gasteiger partial charge in [-0.1, -0.05) is 12.1 Å². The van der Waals surface area contributed by atoms with Crippen molar-refractivity contribution in [1.82, 2.24) is 15.6 Å². The van der Waals surface area contributed by atoms with Crippen LogP contribution in [0.15, 0.2) is 47.6 Å². The molecule has 1 atom stereocenters. The average molecular weight is 498 g/mol. The van der Waals surface area contributed by atoms with Gasteiger partial charge in [-0.2, -0.15) is 0 Å². The largest absolute Gasteiger partial charge is 0.490 e. The molecule has 28 heavy (non-hydrogen) atoms. The summed E-state index contributed by atoms with van der Waals surface area (Å²) in [6.07, 6.45) is 2.65. The van der Waals surface area contributed by atoms with E-state index < -0.39 is 0 Å². The SMILES string of the molecule is CCOc1ccc(C(C)NC(=NC)NCCc2ccccn2)cc1OCC.I. The summed E-state index contributed by atoms with van der Waals surface area (Å²) in [5.74, 6) is 2.29. The van der Waals surface area contributed by atoms with Crippen LogP contribution >= 0.6 is 24.0 Å². The number of rotatable bonds is 9. The second kappa shape index (κ2) is 13.2. The highest BCUT2D eigenvalue weighted by atomic mass is 127. The smallest absolute Gasteiger partial charge is 0.191 e. The van der Waals surface area contributed by atoms with E-state index in [1.54, 1.807) is 7.05 Å². The minimum absolute atomic E-state index is 0. The summed E-state index contributed by atoms with van der Waals surface area (Å²) in [4.78, 5) is 8.64. The molecule has 0 spiro atoms. The van der Waals surface area contributed by atoms with Gasteiger partial charge in [-0.3, -0.25) is 9.98 Å². The Morgan fingerprint density at radius 2 is 1.86 bits per heavy atom. The van der Waals surface area contributed by atoms with Crippen LogP contribution in [0.2, 0.25) is 0 Å². The van der Waals surface area contributed by atoms with Crippen molar-refractivity contribution in [1.29, 1.82) is 0 Å². The summed E-state index contributed by atoms with van der Waals surface area (Å²) in [5.41, 5.74) is 2.16. The quantitative estimate of drug-likeness (QED) is 0.311. The van der Waals surface area contributed by atoms with Gasteiger partial charge in [0.05, 0.1) is 19.3 Å². The molecule has 1 aromatic heterocycles. The van der Waals surface area contributed by atoms with Gasteiger partial charge in [0, 0.05) is 31.9 Å². The molecule has 0 amide bonds. The second-order valence-electron chi connectivity index (χ2n) is 6.01. The molecule has 0 saturated heterocycles. The fourth-order valence-corrected chi connectivity index (χ4v) is 2.68. The Hall–Kier alpha value is -2.03. The molecule has 0 aliphatic heterocycles. The Morgan fingerprint density at radius 1 is 1.11 bits per heavy atom. The van der Waals surface area contributed by atoms with Gasteiger partial charge < -0.3 is 20.1 Å². The lowest BCUT2D eigenvalue weighted by Crippen LogP contribution is -2.39. The Labute approximate surface area is 185 Å². The fraction of sp³-hybridized carbons (Fsp3) is 0.429. The number of halogens is 1. The number of pyridine rings is 1. The normalized spacial score (nSPS) is 11.9. The third-order valence-corrected chi connectivity index (χ3v) is 4.04. The Balaban J connectivity index is 0.00000392. The molecule has 2 N–H and O–H groups in total. The number of hydrogen-bond donors (Lipinski definition) is 2. The Morgan fingerprint density at radius 3 is 2.50 bits per heavy atom. The number of nitrogens with zero attached hydrogens (tertiary/aromatic N) is 2. The first-order chi connectivity index (χ1) is 13.2. The van der Waals surface area contributed by atoms with Crippen LogP contribution in [-0.2, 0) is 6.42 Å². The predicted octanol–water partition coefficient (Wildman–Crippen LogP) is 3.97. The molecule has 1 heterocycles. The number of benzene rings is 1. The molecule has 0 saturated carbocycles. The molecule has 1 aromatic carbocycles. The van der Waals surface area contributed by atoms with Crippen LogP contribution in [0.25, 0.3) is 0 Å². The third kappa shape index (κ3) is 7.53. The first-order valence-electron chi connectivity index (χ1n) is 9.44. The van der Waals surface area contributed by atoms with Crippen LogP contribution in [0.5, 0.6) is 11.5 Å². The van der Waals surface area contributed by atoms with Crippen molar-refractivity contribution in [2.75, 3.05) is 26.8 Å². The monoisotopic (exact) mass is 498 g/mol. The second-order valence-corrected chi connectivity index (χ2v) is 6.01. The average Bonchev–Trinajstić information content (AvgIpc) is 2.69. The summed E-state index contributed by atoms with van der Waals surface area (Å²) >= 11 is 0. The summed E-state index contributed by atoms with van der Waals surface area (Å²) < 4.78 is 11.4. The fourth-order valence-electron chi connectivity index (χ4n) is 2.68. The van der Waals surface area contributed by atoms with Gasteiger partial charge in [0.25, 0.3) is 0 Å². The topological polar surface area (TPSA) is 67.8 Å². The van der Waals surface area contributed by atoms with E-state index in [1.807, 2.05) is 56.4 Å². The lowest BCUT2D eigenvalue weighted by atomic mass is 10.1. The van der Waals surface area contributed by atoms with Gasteiger partial charge in [0.2, 0.25) is 0 Å². The van der Waals surface area contributed by atoms with Crippen molar-refractivity contribution < 1.29 is 9.47 Å². The van der Waals surface area contributed by atoms with Crippen LogP contribution < -0.4 is 20.1 Å². The number of nitrogens with one attached hydrogen (secondary N) is 2. The first-order valence-corrected chi connectivity index (χ1v) is 9.44. The van der Waals surface area contributed by atoms with Gasteiger partial charge in [-0.25, -0.2) is 0 Å². The number of guanidine groups is 1. The first kappa shape index (κ1) is 24.0. The van der Waals surface area contributed by atoms with Crippen LogP contribution in [0, 0.1) is 0 Å². The summed E-state index contributed by atoms with van der Waals surface area (Å²) in [7, 11) is 1.77. The van der Waals surface area contributed by atoms with E-state index in [2.05, 4.69) is 27.5 Å². The van der Waals surface area contributed by atoms with Crippen LogP contribution in [0.1, 0.15) is 38.1 Å². The van der Waals surface area contributed by atoms with Crippen LogP contribution in [-0.4, -0.2) is 37.7 Å². The molecule has 1 unspecified atom stereocenters. The Kier molecular flexibility index (Phi) is 11.3. The molecule has 0 aliphatic carbocycles. The number of ether oxygens (including phenoxy) is 2. The predicted molar refractivity (Wildman–Crippen MR) is 125 cm³/mol. The molecular weight excluding hydrogens is 467 g/mol. The van der Waals surface area contributed by atoms with E-state index in [-0.39, 0.29) is 30.0 Å². The van der Waals surface area contributed by atoms with Crippen molar-refractivity contribution in [3.8, 4) is 11.5 Å². The molecule has 7 heteroatoms. The molecule has 6 nitrogen and oxygen atoms in total. The summed E-state index contributed by atoms with van der Waals surface area (Å²) in [6.45, 7) is 8.00. The van der Waals surface area contributed by atoms with E-state index in [0.29, 0.717) is 13.2 Å². The van der Waals surface area contributed by atoms with E-state index in [0.717, 1.165) is 41.7 Å². The zero-order valence-electron chi connectivity index (χ0n) is 17.1. The third-order valence-electron chi connectivity index (χ3n) is 4.04. The summed E-state index contributed by atoms with van der Waals surface area (Å²) in [5, 5.41) is 6.75. The van der Waals surface area contributed by atoms with Gasteiger partial charge in [0.1, 0.15) is 0 Å². The lowest BCUT2D eigenvalue weighted by molar-refractivity contribution is 0.287. The van der Waals surface area contributed by atoms with Gasteiger partial charge in [0.15, 0.2) is 17.5 Å². The summed E-state index contributed by atoms with van der Waals surface area (Å²) in [6, 6.07) is 12.0. The number of hydrogen-bond acceptors (Lipinski definition) is 4. The van der Waals surface area contributed by atoms with Crippen molar-refractivity contribution >= 4 is 29.9 Å². The van der Waals surface area contributed by atoms with Gasteiger partial charge in [-0.05, 0) is 50.6 Å². The van der Waals surface area contributed by atoms with Crippen molar-refractivity contribution in [3.05, 3.63) is 53.9 Å². The van der Waals surface area contributed by atoms with Crippen molar-refractivity contribution in [2.45, 2.75) is 33.2 Å². The lowest BCUT2D eigenvalue weighted by Gasteiger charge is -2.20. The van der Waals surface area contributed by atoms with E-state index in [1.165, 1.54) is 0 Å². The number of aliphatic imine (C=N–C) groups is 1. The van der Waals surface area contributed by atoms with Crippen LogP contribution in [0.4, 0.5) is 0 Å². The molecule has 0 radical (unpaired) electrons. The van der Waals surface area contributed by atoms with E-state index in [4.69, 9.17) is 9.47 Å². The molecule has 0 bridgehead atoms. The molecule has 154 valence electrons. The van der Waals surface area contributed by atoms with Gasteiger partial charge in [-0.15, -0.1) is 24.0 Å².